The average molecular weight is 335 g/mol. The number of carbonyl (C=O) groups is 1. The molecule has 6 nitrogen and oxygen atoms in total. The van der Waals surface area contributed by atoms with E-state index in [4.69, 9.17) is 0 Å². The van der Waals surface area contributed by atoms with E-state index in [0.717, 1.165) is 29.5 Å². The van der Waals surface area contributed by atoms with Crippen LogP contribution in [0.1, 0.15) is 42.6 Å². The lowest BCUT2D eigenvalue weighted by molar-refractivity contribution is -0.683. The molecule has 0 unspecified atom stereocenters. The van der Waals surface area contributed by atoms with E-state index in [2.05, 4.69) is 22.2 Å². The van der Waals surface area contributed by atoms with E-state index in [0.29, 0.717) is 18.3 Å². The van der Waals surface area contributed by atoms with Crippen molar-refractivity contribution in [3.8, 4) is 0 Å². The maximum Gasteiger partial charge on any atom is 0.274 e. The van der Waals surface area contributed by atoms with Crippen molar-refractivity contribution in [1.29, 1.82) is 0 Å². The van der Waals surface area contributed by atoms with Crippen molar-refractivity contribution in [2.24, 2.45) is 5.92 Å². The predicted octanol–water partition coefficient (Wildman–Crippen LogP) is 0.480. The maximum atomic E-state index is 12.5. The Morgan fingerprint density at radius 3 is 3.09 bits per heavy atom. The van der Waals surface area contributed by atoms with Crippen molar-refractivity contribution in [2.75, 3.05) is 13.6 Å². The lowest BCUT2D eigenvalue weighted by atomic mass is 9.89. The first-order valence-corrected chi connectivity index (χ1v) is 8.89. The molecule has 3 rings (SSSR count). The third-order valence-electron chi connectivity index (χ3n) is 4.55. The van der Waals surface area contributed by atoms with Gasteiger partial charge >= 0.3 is 0 Å². The van der Waals surface area contributed by atoms with E-state index < -0.39 is 0 Å². The highest BCUT2D eigenvalue weighted by Gasteiger charge is 2.24. The Labute approximate surface area is 138 Å². The van der Waals surface area contributed by atoms with Gasteiger partial charge in [0.15, 0.2) is 12.4 Å². The normalized spacial score (nSPS) is 18.7. The molecule has 0 spiro atoms. The van der Waals surface area contributed by atoms with E-state index in [1.54, 1.807) is 18.4 Å². The molecule has 0 fully saturated rings. The second-order valence-corrected chi connectivity index (χ2v) is 7.47. The summed E-state index contributed by atoms with van der Waals surface area (Å²) in [5.41, 5.74) is 1.16. The van der Waals surface area contributed by atoms with E-state index in [9.17, 15) is 9.59 Å². The fourth-order valence-corrected chi connectivity index (χ4v) is 4.47. The number of aromatic nitrogens is 2. The van der Waals surface area contributed by atoms with Crippen LogP contribution in [-0.2, 0) is 17.6 Å². The standard InChI is InChI=1S/C16H22N4O2S/c1-8-4-5-10-11(6-8)23-16-13(10)15(22)19-14(20-16)9(2)18-7-12(21)17-3/h8-9,18H,4-7H2,1-3H3,(H,17,21)(H,19,20,22)/p+1/t8-,9-/m1/s1. The van der Waals surface area contributed by atoms with E-state index in [-0.39, 0.29) is 17.5 Å². The van der Waals surface area contributed by atoms with Crippen LogP contribution in [0.2, 0.25) is 0 Å². The Kier molecular flexibility index (Phi) is 4.50. The highest BCUT2D eigenvalue weighted by atomic mass is 32.1. The van der Waals surface area contributed by atoms with E-state index in [1.807, 2.05) is 12.2 Å². The van der Waals surface area contributed by atoms with Gasteiger partial charge in [-0.05, 0) is 37.7 Å². The van der Waals surface area contributed by atoms with Gasteiger partial charge in [-0.3, -0.25) is 9.59 Å². The molecule has 2 aromatic rings. The maximum absolute atomic E-state index is 12.5. The minimum Gasteiger partial charge on any atom is -0.354 e. The number of likely N-dealkylation sites (N-methyl/N-ethyl adjacent to an activating group) is 1. The van der Waals surface area contributed by atoms with Gasteiger partial charge in [0, 0.05) is 11.9 Å². The number of aromatic amines is 1. The number of carbonyl (C=O) groups excluding carboxylic acids is 1. The number of quaternary nitrogens is 1. The second kappa shape index (κ2) is 6.41. The number of nitrogens with one attached hydrogen (secondary N) is 2. The lowest BCUT2D eigenvalue weighted by Crippen LogP contribution is -2.87. The zero-order chi connectivity index (χ0) is 16.6. The van der Waals surface area contributed by atoms with E-state index >= 15 is 0 Å². The molecule has 1 aliphatic carbocycles. The molecule has 0 radical (unpaired) electrons. The number of amides is 1. The third kappa shape index (κ3) is 3.16. The van der Waals surface area contributed by atoms with Crippen LogP contribution in [0.3, 0.4) is 0 Å². The summed E-state index contributed by atoms with van der Waals surface area (Å²) < 4.78 is 0. The van der Waals surface area contributed by atoms with Gasteiger partial charge in [-0.1, -0.05) is 6.92 Å². The molecule has 2 atom stereocenters. The molecule has 2 aromatic heterocycles. The zero-order valence-corrected chi connectivity index (χ0v) is 14.5. The molecule has 0 saturated carbocycles. The van der Waals surface area contributed by atoms with Crippen LogP contribution in [0, 0.1) is 5.92 Å². The number of thiophene rings is 1. The van der Waals surface area contributed by atoms with Crippen molar-refractivity contribution in [1.82, 2.24) is 15.3 Å². The Balaban J connectivity index is 1.92. The van der Waals surface area contributed by atoms with Crippen molar-refractivity contribution in [2.45, 2.75) is 39.2 Å². The Bertz CT molecular complexity index is 795. The molecule has 7 heteroatoms. The van der Waals surface area contributed by atoms with Crippen LogP contribution < -0.4 is 16.2 Å². The Morgan fingerprint density at radius 1 is 1.57 bits per heavy atom. The fourth-order valence-electron chi connectivity index (χ4n) is 3.08. The molecule has 1 amide bonds. The zero-order valence-electron chi connectivity index (χ0n) is 13.7. The van der Waals surface area contributed by atoms with Gasteiger partial charge in [0.1, 0.15) is 10.9 Å². The largest absolute Gasteiger partial charge is 0.354 e. The molecule has 124 valence electrons. The number of H-pyrrole nitrogens is 1. The third-order valence-corrected chi connectivity index (χ3v) is 5.70. The molecule has 0 aromatic carbocycles. The molecule has 0 saturated heterocycles. The van der Waals surface area contributed by atoms with Crippen LogP contribution in [0.4, 0.5) is 0 Å². The first-order valence-electron chi connectivity index (χ1n) is 8.08. The molecule has 0 bridgehead atoms. The predicted molar refractivity (Wildman–Crippen MR) is 90.7 cm³/mol. The number of hydrogen-bond donors (Lipinski definition) is 3. The van der Waals surface area contributed by atoms with Gasteiger partial charge < -0.3 is 15.6 Å². The molecule has 0 aliphatic heterocycles. The number of rotatable bonds is 4. The average Bonchev–Trinajstić information content (AvgIpc) is 2.89. The van der Waals surface area contributed by atoms with Crippen LogP contribution in [-0.4, -0.2) is 29.5 Å². The molecule has 23 heavy (non-hydrogen) atoms. The number of nitrogens with two attached hydrogens (primary N) is 1. The molecular weight excluding hydrogens is 312 g/mol. The SMILES string of the molecule is CNC(=O)C[NH2+][C@H](C)c1nc2sc3c(c2c(=O)[nH]1)CC[C@@H](C)C3. The number of nitrogens with zero attached hydrogens (tertiary/aromatic N) is 1. The number of hydrogen-bond acceptors (Lipinski definition) is 4. The quantitative estimate of drug-likeness (QED) is 0.759. The van der Waals surface area contributed by atoms with Gasteiger partial charge in [-0.25, -0.2) is 4.98 Å². The molecule has 4 N–H and O–H groups in total. The summed E-state index contributed by atoms with van der Waals surface area (Å²) in [6.07, 6.45) is 3.15. The van der Waals surface area contributed by atoms with Crippen molar-refractivity contribution >= 4 is 27.5 Å². The first kappa shape index (κ1) is 16.1. The minimum atomic E-state index is -0.0672. The summed E-state index contributed by atoms with van der Waals surface area (Å²) >= 11 is 1.65. The van der Waals surface area contributed by atoms with Crippen molar-refractivity contribution in [3.63, 3.8) is 0 Å². The van der Waals surface area contributed by atoms with E-state index in [1.165, 1.54) is 10.4 Å². The second-order valence-electron chi connectivity index (χ2n) is 6.38. The highest BCUT2D eigenvalue weighted by molar-refractivity contribution is 7.18. The van der Waals surface area contributed by atoms with Crippen molar-refractivity contribution < 1.29 is 10.1 Å². The summed E-state index contributed by atoms with van der Waals surface area (Å²) in [5.74, 6) is 1.27. The van der Waals surface area contributed by atoms with Crippen LogP contribution >= 0.6 is 11.3 Å². The summed E-state index contributed by atoms with van der Waals surface area (Å²) in [4.78, 5) is 33.6. The molecule has 2 heterocycles. The summed E-state index contributed by atoms with van der Waals surface area (Å²) in [6, 6.07) is -0.0672. The Hall–Kier alpha value is -1.73. The molecule has 1 aliphatic rings. The van der Waals surface area contributed by atoms with Gasteiger partial charge in [-0.2, -0.15) is 0 Å². The minimum absolute atomic E-state index is 0.0409. The van der Waals surface area contributed by atoms with Gasteiger partial charge in [0.05, 0.1) is 5.39 Å². The van der Waals surface area contributed by atoms with Crippen molar-refractivity contribution in [3.05, 3.63) is 26.6 Å². The van der Waals surface area contributed by atoms with Crippen LogP contribution in [0.5, 0.6) is 0 Å². The lowest BCUT2D eigenvalue weighted by Gasteiger charge is -2.17. The topological polar surface area (TPSA) is 91.5 Å². The highest BCUT2D eigenvalue weighted by Crippen LogP contribution is 2.35. The number of fused-ring (bicyclic) bond motifs is 3. The molecular formula is C16H23N4O2S+. The van der Waals surface area contributed by atoms with Gasteiger partial charge in [-0.15, -0.1) is 11.3 Å². The monoisotopic (exact) mass is 335 g/mol. The summed E-state index contributed by atoms with van der Waals surface area (Å²) in [7, 11) is 1.62. The fraction of sp³-hybridized carbons (Fsp3) is 0.562. The number of aryl methyl sites for hydroxylation is 1. The van der Waals surface area contributed by atoms with Crippen LogP contribution in [0.15, 0.2) is 4.79 Å². The smallest absolute Gasteiger partial charge is 0.274 e. The van der Waals surface area contributed by atoms with Crippen LogP contribution in [0.25, 0.3) is 10.2 Å². The summed E-state index contributed by atoms with van der Waals surface area (Å²) in [5, 5.41) is 5.24. The first-order chi connectivity index (χ1) is 11.0. The summed E-state index contributed by atoms with van der Waals surface area (Å²) in [6.45, 7) is 4.52. The Morgan fingerprint density at radius 2 is 2.35 bits per heavy atom. The van der Waals surface area contributed by atoms with Gasteiger partial charge in [0.2, 0.25) is 0 Å². The van der Waals surface area contributed by atoms with Gasteiger partial charge in [0.25, 0.3) is 11.5 Å².